The molecule has 3 rings (SSSR count). The van der Waals surface area contributed by atoms with Crippen molar-refractivity contribution in [3.63, 3.8) is 0 Å². The molecule has 0 atom stereocenters. The van der Waals surface area contributed by atoms with Crippen LogP contribution in [0.2, 0.25) is 0 Å². The Balaban J connectivity index is 1.67. The van der Waals surface area contributed by atoms with E-state index in [4.69, 9.17) is 9.47 Å². The number of anilines is 2. The number of hydrogen-bond acceptors (Lipinski definition) is 7. The third kappa shape index (κ3) is 4.29. The van der Waals surface area contributed by atoms with Gasteiger partial charge in [-0.1, -0.05) is 6.07 Å². The van der Waals surface area contributed by atoms with Crippen LogP contribution in [0.3, 0.4) is 0 Å². The van der Waals surface area contributed by atoms with Crippen molar-refractivity contribution in [2.24, 2.45) is 0 Å². The molecule has 1 fully saturated rings. The van der Waals surface area contributed by atoms with Gasteiger partial charge in [0.1, 0.15) is 5.82 Å². The summed E-state index contributed by atoms with van der Waals surface area (Å²) in [5.74, 6) is 3.03. The Bertz CT molecular complexity index is 687. The number of ether oxygens (including phenoxy) is 2. The Morgan fingerprint density at radius 3 is 2.48 bits per heavy atom. The molecule has 0 bridgehead atoms. The van der Waals surface area contributed by atoms with E-state index in [0.29, 0.717) is 18.4 Å². The first kappa shape index (κ1) is 17.3. The van der Waals surface area contributed by atoms with Crippen LogP contribution in [0, 0.1) is 0 Å². The standard InChI is InChI=1S/C18H25N5O2/c1-4-24-16-7-5-6-15(21-16)22-10-12-23(13-11-22)17-18(25-14(2)3)20-9-8-19-17/h5-9,14H,4,10-13H2,1-3H3. The van der Waals surface area contributed by atoms with Crippen LogP contribution in [0.15, 0.2) is 30.6 Å². The largest absolute Gasteiger partial charge is 0.478 e. The maximum Gasteiger partial charge on any atom is 0.257 e. The Kier molecular flexibility index (Phi) is 5.53. The number of piperazine rings is 1. The summed E-state index contributed by atoms with van der Waals surface area (Å²) in [4.78, 5) is 17.9. The summed E-state index contributed by atoms with van der Waals surface area (Å²) in [6, 6.07) is 5.89. The smallest absolute Gasteiger partial charge is 0.257 e. The van der Waals surface area contributed by atoms with Crippen molar-refractivity contribution < 1.29 is 9.47 Å². The number of pyridine rings is 1. The van der Waals surface area contributed by atoms with Gasteiger partial charge in [0.25, 0.3) is 5.88 Å². The van der Waals surface area contributed by atoms with E-state index in [9.17, 15) is 0 Å². The van der Waals surface area contributed by atoms with E-state index in [0.717, 1.165) is 37.8 Å². The molecule has 0 radical (unpaired) electrons. The molecule has 1 aliphatic heterocycles. The summed E-state index contributed by atoms with van der Waals surface area (Å²) in [5, 5.41) is 0. The molecular formula is C18H25N5O2. The number of hydrogen-bond donors (Lipinski definition) is 0. The van der Waals surface area contributed by atoms with Crippen molar-refractivity contribution in [1.29, 1.82) is 0 Å². The van der Waals surface area contributed by atoms with Crippen molar-refractivity contribution in [3.05, 3.63) is 30.6 Å². The molecule has 0 amide bonds. The second-order valence-corrected chi connectivity index (χ2v) is 6.09. The lowest BCUT2D eigenvalue weighted by molar-refractivity contribution is 0.232. The third-order valence-electron chi connectivity index (χ3n) is 3.90. The summed E-state index contributed by atoms with van der Waals surface area (Å²) >= 11 is 0. The van der Waals surface area contributed by atoms with Crippen LogP contribution in [0.25, 0.3) is 0 Å². The first-order chi connectivity index (χ1) is 12.2. The third-order valence-corrected chi connectivity index (χ3v) is 3.90. The highest BCUT2D eigenvalue weighted by molar-refractivity contribution is 5.50. The molecule has 3 heterocycles. The minimum Gasteiger partial charge on any atom is -0.478 e. The molecule has 0 saturated carbocycles. The fraction of sp³-hybridized carbons (Fsp3) is 0.500. The lowest BCUT2D eigenvalue weighted by atomic mass is 10.3. The topological polar surface area (TPSA) is 63.6 Å². The fourth-order valence-corrected chi connectivity index (χ4v) is 2.80. The summed E-state index contributed by atoms with van der Waals surface area (Å²) in [6.45, 7) is 9.98. The maximum atomic E-state index is 5.79. The summed E-state index contributed by atoms with van der Waals surface area (Å²) in [6.07, 6.45) is 3.45. The molecule has 2 aromatic rings. The fourth-order valence-electron chi connectivity index (χ4n) is 2.80. The summed E-state index contributed by atoms with van der Waals surface area (Å²) in [7, 11) is 0. The zero-order chi connectivity index (χ0) is 17.6. The molecule has 0 aromatic carbocycles. The average molecular weight is 343 g/mol. The van der Waals surface area contributed by atoms with Gasteiger partial charge in [0.05, 0.1) is 12.7 Å². The monoisotopic (exact) mass is 343 g/mol. The van der Waals surface area contributed by atoms with Crippen molar-refractivity contribution in [2.75, 3.05) is 42.6 Å². The SMILES string of the molecule is CCOc1cccc(N2CCN(c3nccnc3OC(C)C)CC2)n1. The normalized spacial score (nSPS) is 14.7. The Morgan fingerprint density at radius 1 is 1.04 bits per heavy atom. The summed E-state index contributed by atoms with van der Waals surface area (Å²) < 4.78 is 11.3. The number of rotatable bonds is 6. The molecule has 0 spiro atoms. The number of nitrogens with zero attached hydrogens (tertiary/aromatic N) is 5. The van der Waals surface area contributed by atoms with Gasteiger partial charge in [-0.15, -0.1) is 0 Å². The summed E-state index contributed by atoms with van der Waals surface area (Å²) in [5.41, 5.74) is 0. The van der Waals surface area contributed by atoms with Crippen molar-refractivity contribution in [3.8, 4) is 11.8 Å². The zero-order valence-electron chi connectivity index (χ0n) is 15.1. The quantitative estimate of drug-likeness (QED) is 0.798. The molecule has 0 unspecified atom stereocenters. The molecule has 1 saturated heterocycles. The molecule has 7 heteroatoms. The van der Waals surface area contributed by atoms with Gasteiger partial charge in [0, 0.05) is 44.6 Å². The number of aromatic nitrogens is 3. The van der Waals surface area contributed by atoms with Gasteiger partial charge in [-0.2, -0.15) is 4.98 Å². The van der Waals surface area contributed by atoms with Crippen LogP contribution >= 0.6 is 0 Å². The van der Waals surface area contributed by atoms with E-state index < -0.39 is 0 Å². The minimum absolute atomic E-state index is 0.0715. The predicted octanol–water partition coefficient (Wildman–Crippen LogP) is 2.38. The average Bonchev–Trinajstić information content (AvgIpc) is 2.62. The van der Waals surface area contributed by atoms with Crippen LogP contribution in [0.5, 0.6) is 11.8 Å². The van der Waals surface area contributed by atoms with Crippen LogP contribution in [0.4, 0.5) is 11.6 Å². The molecule has 7 nitrogen and oxygen atoms in total. The van der Waals surface area contributed by atoms with E-state index in [1.165, 1.54) is 0 Å². The molecule has 134 valence electrons. The Morgan fingerprint density at radius 2 is 1.76 bits per heavy atom. The van der Waals surface area contributed by atoms with Gasteiger partial charge >= 0.3 is 0 Å². The lowest BCUT2D eigenvalue weighted by Gasteiger charge is -2.36. The van der Waals surface area contributed by atoms with Gasteiger partial charge in [-0.25, -0.2) is 9.97 Å². The van der Waals surface area contributed by atoms with Crippen LogP contribution in [-0.4, -0.2) is 53.8 Å². The van der Waals surface area contributed by atoms with Gasteiger partial charge in [-0.3, -0.25) is 0 Å². The van der Waals surface area contributed by atoms with Gasteiger partial charge < -0.3 is 19.3 Å². The van der Waals surface area contributed by atoms with E-state index >= 15 is 0 Å². The van der Waals surface area contributed by atoms with E-state index in [-0.39, 0.29) is 6.10 Å². The molecule has 25 heavy (non-hydrogen) atoms. The lowest BCUT2D eigenvalue weighted by Crippen LogP contribution is -2.47. The Labute approximate surface area is 148 Å². The van der Waals surface area contributed by atoms with Crippen LogP contribution in [0.1, 0.15) is 20.8 Å². The van der Waals surface area contributed by atoms with Gasteiger partial charge in [-0.05, 0) is 26.8 Å². The molecular weight excluding hydrogens is 318 g/mol. The highest BCUT2D eigenvalue weighted by Crippen LogP contribution is 2.26. The van der Waals surface area contributed by atoms with Crippen LogP contribution < -0.4 is 19.3 Å². The van der Waals surface area contributed by atoms with Crippen molar-refractivity contribution in [2.45, 2.75) is 26.9 Å². The highest BCUT2D eigenvalue weighted by atomic mass is 16.5. The van der Waals surface area contributed by atoms with E-state index in [1.54, 1.807) is 12.4 Å². The van der Waals surface area contributed by atoms with Crippen LogP contribution in [-0.2, 0) is 0 Å². The first-order valence-electron chi connectivity index (χ1n) is 8.74. The van der Waals surface area contributed by atoms with E-state index in [2.05, 4.69) is 24.8 Å². The van der Waals surface area contributed by atoms with Gasteiger partial charge in [0.15, 0.2) is 5.82 Å². The van der Waals surface area contributed by atoms with Crippen molar-refractivity contribution in [1.82, 2.24) is 15.0 Å². The Hall–Kier alpha value is -2.57. The zero-order valence-corrected chi connectivity index (χ0v) is 15.1. The predicted molar refractivity (Wildman–Crippen MR) is 97.6 cm³/mol. The molecule has 0 aliphatic carbocycles. The van der Waals surface area contributed by atoms with Gasteiger partial charge in [0.2, 0.25) is 5.88 Å². The first-order valence-corrected chi connectivity index (χ1v) is 8.74. The molecule has 2 aromatic heterocycles. The highest BCUT2D eigenvalue weighted by Gasteiger charge is 2.22. The maximum absolute atomic E-state index is 5.79. The van der Waals surface area contributed by atoms with Crippen molar-refractivity contribution >= 4 is 11.6 Å². The second kappa shape index (κ2) is 8.00. The second-order valence-electron chi connectivity index (χ2n) is 6.09. The molecule has 1 aliphatic rings. The van der Waals surface area contributed by atoms with E-state index in [1.807, 2.05) is 39.0 Å². The molecule has 0 N–H and O–H groups in total. The minimum atomic E-state index is 0.0715.